The van der Waals surface area contributed by atoms with Gasteiger partial charge in [-0.2, -0.15) is 0 Å². The molecule has 1 aliphatic rings. The molecule has 1 heterocycles. The van der Waals surface area contributed by atoms with Crippen molar-refractivity contribution in [3.05, 3.63) is 59.7 Å². The SMILES string of the molecule is CN(C)C(CNCc1cccc2c1OCCO2)c1ccccc1. The summed E-state index contributed by atoms with van der Waals surface area (Å²) in [6, 6.07) is 17.0. The summed E-state index contributed by atoms with van der Waals surface area (Å²) in [7, 11) is 4.22. The zero-order valence-electron chi connectivity index (χ0n) is 13.8. The van der Waals surface area contributed by atoms with Crippen LogP contribution in [-0.2, 0) is 6.54 Å². The number of benzene rings is 2. The van der Waals surface area contributed by atoms with Gasteiger partial charge in [0.2, 0.25) is 0 Å². The molecule has 1 N–H and O–H groups in total. The summed E-state index contributed by atoms with van der Waals surface area (Å²) in [4.78, 5) is 2.24. The molecule has 4 nitrogen and oxygen atoms in total. The van der Waals surface area contributed by atoms with Crippen molar-refractivity contribution >= 4 is 0 Å². The summed E-state index contributed by atoms with van der Waals surface area (Å²) in [6.45, 7) is 2.89. The minimum atomic E-state index is 0.341. The summed E-state index contributed by atoms with van der Waals surface area (Å²) in [6.07, 6.45) is 0. The van der Waals surface area contributed by atoms with Crippen LogP contribution in [0.25, 0.3) is 0 Å². The minimum absolute atomic E-state index is 0.341. The van der Waals surface area contributed by atoms with E-state index in [4.69, 9.17) is 9.47 Å². The van der Waals surface area contributed by atoms with Crippen LogP contribution in [0.4, 0.5) is 0 Å². The van der Waals surface area contributed by atoms with Gasteiger partial charge in [0.25, 0.3) is 0 Å². The van der Waals surface area contributed by atoms with Crippen LogP contribution in [0, 0.1) is 0 Å². The van der Waals surface area contributed by atoms with Crippen molar-refractivity contribution in [1.82, 2.24) is 10.2 Å². The van der Waals surface area contributed by atoms with E-state index in [1.165, 1.54) is 5.56 Å². The van der Waals surface area contributed by atoms with Crippen LogP contribution in [0.2, 0.25) is 0 Å². The van der Waals surface area contributed by atoms with Gasteiger partial charge in [-0.25, -0.2) is 0 Å². The van der Waals surface area contributed by atoms with Crippen LogP contribution < -0.4 is 14.8 Å². The van der Waals surface area contributed by atoms with Crippen LogP contribution in [0.5, 0.6) is 11.5 Å². The van der Waals surface area contributed by atoms with Crippen molar-refractivity contribution in [2.45, 2.75) is 12.6 Å². The number of hydrogen-bond acceptors (Lipinski definition) is 4. The molecular weight excluding hydrogens is 288 g/mol. The van der Waals surface area contributed by atoms with E-state index in [1.807, 2.05) is 12.1 Å². The van der Waals surface area contributed by atoms with E-state index in [0.717, 1.165) is 30.2 Å². The van der Waals surface area contributed by atoms with Crippen LogP contribution in [0.1, 0.15) is 17.2 Å². The van der Waals surface area contributed by atoms with Crippen molar-refractivity contribution in [3.63, 3.8) is 0 Å². The molecule has 23 heavy (non-hydrogen) atoms. The van der Waals surface area contributed by atoms with E-state index in [2.05, 4.69) is 60.7 Å². The lowest BCUT2D eigenvalue weighted by Crippen LogP contribution is -2.31. The van der Waals surface area contributed by atoms with Gasteiger partial charge in [-0.3, -0.25) is 0 Å². The summed E-state index contributed by atoms with van der Waals surface area (Å²) in [5, 5.41) is 3.55. The van der Waals surface area contributed by atoms with Gasteiger partial charge >= 0.3 is 0 Å². The average Bonchev–Trinajstić information content (AvgIpc) is 2.59. The van der Waals surface area contributed by atoms with Gasteiger partial charge in [0, 0.05) is 24.7 Å². The number of nitrogens with one attached hydrogen (secondary N) is 1. The first-order valence-corrected chi connectivity index (χ1v) is 8.05. The molecule has 0 radical (unpaired) electrons. The summed E-state index contributed by atoms with van der Waals surface area (Å²) < 4.78 is 11.4. The van der Waals surface area contributed by atoms with E-state index >= 15 is 0 Å². The van der Waals surface area contributed by atoms with Crippen LogP contribution in [-0.4, -0.2) is 38.8 Å². The lowest BCUT2D eigenvalue weighted by Gasteiger charge is -2.26. The third-order valence-corrected chi connectivity index (χ3v) is 4.11. The predicted molar refractivity (Wildman–Crippen MR) is 92.0 cm³/mol. The number of nitrogens with zero attached hydrogens (tertiary/aromatic N) is 1. The molecular formula is C19H24N2O2. The van der Waals surface area contributed by atoms with Crippen LogP contribution in [0.15, 0.2) is 48.5 Å². The number of rotatable bonds is 6. The summed E-state index contributed by atoms with van der Waals surface area (Å²) in [5.74, 6) is 1.73. The largest absolute Gasteiger partial charge is 0.486 e. The Hall–Kier alpha value is -2.04. The van der Waals surface area contributed by atoms with Gasteiger partial charge in [-0.1, -0.05) is 42.5 Å². The van der Waals surface area contributed by atoms with E-state index in [9.17, 15) is 0 Å². The van der Waals surface area contributed by atoms with Crippen LogP contribution in [0.3, 0.4) is 0 Å². The zero-order chi connectivity index (χ0) is 16.1. The Kier molecular flexibility index (Phi) is 5.16. The first kappa shape index (κ1) is 15.8. The average molecular weight is 312 g/mol. The molecule has 3 rings (SSSR count). The van der Waals surface area contributed by atoms with Gasteiger partial charge in [0.15, 0.2) is 11.5 Å². The van der Waals surface area contributed by atoms with Crippen molar-refractivity contribution < 1.29 is 9.47 Å². The molecule has 1 atom stereocenters. The normalized spacial score (nSPS) is 14.7. The fourth-order valence-electron chi connectivity index (χ4n) is 2.89. The maximum Gasteiger partial charge on any atom is 0.165 e. The Morgan fingerprint density at radius 1 is 1.00 bits per heavy atom. The standard InChI is InChI=1S/C19H24N2O2/c1-21(2)17(15-7-4-3-5-8-15)14-20-13-16-9-6-10-18-19(16)23-12-11-22-18/h3-10,17,20H,11-14H2,1-2H3. The molecule has 4 heteroatoms. The highest BCUT2D eigenvalue weighted by Crippen LogP contribution is 2.33. The Labute approximate surface area is 138 Å². The molecule has 2 aromatic carbocycles. The highest BCUT2D eigenvalue weighted by atomic mass is 16.6. The monoisotopic (exact) mass is 312 g/mol. The fourth-order valence-corrected chi connectivity index (χ4v) is 2.89. The Bertz CT molecular complexity index is 629. The molecule has 0 saturated heterocycles. The van der Waals surface area contributed by atoms with Crippen molar-refractivity contribution in [3.8, 4) is 11.5 Å². The molecule has 0 amide bonds. The Balaban J connectivity index is 1.64. The van der Waals surface area contributed by atoms with E-state index < -0.39 is 0 Å². The molecule has 0 saturated carbocycles. The molecule has 0 bridgehead atoms. The molecule has 122 valence electrons. The topological polar surface area (TPSA) is 33.7 Å². The zero-order valence-corrected chi connectivity index (χ0v) is 13.8. The van der Waals surface area contributed by atoms with Gasteiger partial charge in [-0.05, 0) is 25.7 Å². The van der Waals surface area contributed by atoms with E-state index in [0.29, 0.717) is 19.3 Å². The second kappa shape index (κ2) is 7.49. The molecule has 0 aromatic heterocycles. The molecule has 1 aliphatic heterocycles. The number of hydrogen-bond donors (Lipinski definition) is 1. The lowest BCUT2D eigenvalue weighted by atomic mass is 10.1. The van der Waals surface area contributed by atoms with Gasteiger partial charge in [-0.15, -0.1) is 0 Å². The number of ether oxygens (including phenoxy) is 2. The molecule has 0 spiro atoms. The predicted octanol–water partition coefficient (Wildman–Crippen LogP) is 2.85. The van der Waals surface area contributed by atoms with Crippen molar-refractivity contribution in [1.29, 1.82) is 0 Å². The summed E-state index contributed by atoms with van der Waals surface area (Å²) in [5.41, 5.74) is 2.47. The summed E-state index contributed by atoms with van der Waals surface area (Å²) >= 11 is 0. The highest BCUT2D eigenvalue weighted by molar-refractivity contribution is 5.47. The maximum atomic E-state index is 5.77. The van der Waals surface area contributed by atoms with Crippen LogP contribution >= 0.6 is 0 Å². The maximum absolute atomic E-state index is 5.77. The lowest BCUT2D eigenvalue weighted by molar-refractivity contribution is 0.169. The molecule has 0 fully saturated rings. The number of para-hydroxylation sites is 1. The first-order chi connectivity index (χ1) is 11.3. The highest BCUT2D eigenvalue weighted by Gasteiger charge is 2.17. The van der Waals surface area contributed by atoms with Crippen molar-refractivity contribution in [2.24, 2.45) is 0 Å². The number of fused-ring (bicyclic) bond motifs is 1. The smallest absolute Gasteiger partial charge is 0.165 e. The number of likely N-dealkylation sites (N-methyl/N-ethyl adjacent to an activating group) is 1. The molecule has 2 aromatic rings. The first-order valence-electron chi connectivity index (χ1n) is 8.05. The van der Waals surface area contributed by atoms with E-state index in [1.54, 1.807) is 0 Å². The molecule has 0 aliphatic carbocycles. The van der Waals surface area contributed by atoms with Gasteiger partial charge in [0.05, 0.1) is 0 Å². The quantitative estimate of drug-likeness (QED) is 0.889. The second-order valence-electron chi connectivity index (χ2n) is 5.96. The van der Waals surface area contributed by atoms with E-state index in [-0.39, 0.29) is 0 Å². The van der Waals surface area contributed by atoms with Gasteiger partial charge in [0.1, 0.15) is 13.2 Å². The van der Waals surface area contributed by atoms with Crippen molar-refractivity contribution in [2.75, 3.05) is 33.9 Å². The molecule has 1 unspecified atom stereocenters. The third kappa shape index (κ3) is 3.84. The van der Waals surface area contributed by atoms with Gasteiger partial charge < -0.3 is 19.7 Å². The fraction of sp³-hybridized carbons (Fsp3) is 0.368. The Morgan fingerprint density at radius 2 is 1.78 bits per heavy atom. The Morgan fingerprint density at radius 3 is 2.57 bits per heavy atom. The minimum Gasteiger partial charge on any atom is -0.486 e. The second-order valence-corrected chi connectivity index (χ2v) is 5.96. The third-order valence-electron chi connectivity index (χ3n) is 4.11.